The van der Waals surface area contributed by atoms with Gasteiger partial charge in [0.1, 0.15) is 0 Å². The molecule has 0 fully saturated rings. The van der Waals surface area contributed by atoms with Gasteiger partial charge in [-0.2, -0.15) is 4.99 Å². The molecule has 0 bridgehead atoms. The predicted octanol–water partition coefficient (Wildman–Crippen LogP) is 3.95. The van der Waals surface area contributed by atoms with Gasteiger partial charge < -0.3 is 4.57 Å². The van der Waals surface area contributed by atoms with Crippen LogP contribution in [0.5, 0.6) is 0 Å². The van der Waals surface area contributed by atoms with Crippen molar-refractivity contribution in [3.05, 3.63) is 81.5 Å². The monoisotopic (exact) mass is 351 g/mol. The second kappa shape index (κ2) is 6.51. The Morgan fingerprint density at radius 3 is 2.88 bits per heavy atom. The molecule has 4 nitrogen and oxygen atoms in total. The number of hydrogen-bond donors (Lipinski definition) is 0. The molecule has 4 aromatic rings. The summed E-state index contributed by atoms with van der Waals surface area (Å²) >= 11 is 2.99. The third-order valence-corrected chi connectivity index (χ3v) is 5.22. The van der Waals surface area contributed by atoms with Gasteiger partial charge in [-0.3, -0.25) is 4.79 Å². The van der Waals surface area contributed by atoms with Crippen LogP contribution in [0.1, 0.15) is 15.9 Å². The third kappa shape index (κ3) is 3.06. The molecular formula is C18H13N3OS2. The van der Waals surface area contributed by atoms with E-state index in [-0.39, 0.29) is 5.91 Å². The van der Waals surface area contributed by atoms with Crippen LogP contribution < -0.4 is 4.80 Å². The lowest BCUT2D eigenvalue weighted by molar-refractivity contribution is 0.0998. The average Bonchev–Trinajstić information content (AvgIpc) is 3.24. The van der Waals surface area contributed by atoms with Gasteiger partial charge in [0, 0.05) is 23.7 Å². The van der Waals surface area contributed by atoms with Crippen molar-refractivity contribution in [3.63, 3.8) is 0 Å². The van der Waals surface area contributed by atoms with Gasteiger partial charge in [0.2, 0.25) is 0 Å². The normalized spacial score (nSPS) is 11.9. The first kappa shape index (κ1) is 15.0. The van der Waals surface area contributed by atoms with E-state index in [4.69, 9.17) is 0 Å². The van der Waals surface area contributed by atoms with Crippen molar-refractivity contribution in [2.45, 2.75) is 6.54 Å². The average molecular weight is 351 g/mol. The number of nitrogens with zero attached hydrogens (tertiary/aromatic N) is 3. The minimum Gasteiger partial charge on any atom is -0.319 e. The lowest BCUT2D eigenvalue weighted by atomic mass is 10.2. The summed E-state index contributed by atoms with van der Waals surface area (Å²) in [6, 6.07) is 15.6. The maximum absolute atomic E-state index is 12.5. The molecule has 0 saturated heterocycles. The second-order valence-corrected chi connectivity index (χ2v) is 7.01. The Bertz CT molecular complexity index is 1060. The van der Waals surface area contributed by atoms with Crippen LogP contribution in [0.2, 0.25) is 0 Å². The van der Waals surface area contributed by atoms with Crippen LogP contribution in [0.15, 0.2) is 70.6 Å². The number of aromatic nitrogens is 2. The number of fused-ring (bicyclic) bond motifs is 1. The molecule has 0 spiro atoms. The van der Waals surface area contributed by atoms with Crippen LogP contribution in [0.3, 0.4) is 0 Å². The minimum atomic E-state index is -0.227. The van der Waals surface area contributed by atoms with E-state index in [1.54, 1.807) is 11.6 Å². The molecule has 118 valence electrons. The molecule has 0 aliphatic rings. The summed E-state index contributed by atoms with van der Waals surface area (Å²) in [7, 11) is 0. The molecule has 1 amide bonds. The first-order valence-corrected chi connectivity index (χ1v) is 9.16. The molecule has 0 aliphatic heterocycles. The molecule has 4 rings (SSSR count). The topological polar surface area (TPSA) is 47.2 Å². The number of carbonyl (C=O) groups excluding carboxylic acids is 1. The predicted molar refractivity (Wildman–Crippen MR) is 97.4 cm³/mol. The van der Waals surface area contributed by atoms with E-state index in [2.05, 4.69) is 22.1 Å². The Labute approximate surface area is 146 Å². The minimum absolute atomic E-state index is 0.227. The quantitative estimate of drug-likeness (QED) is 0.561. The highest BCUT2D eigenvalue weighted by Gasteiger charge is 2.07. The highest BCUT2D eigenvalue weighted by Crippen LogP contribution is 2.19. The smallest absolute Gasteiger partial charge is 0.279 e. The summed E-state index contributed by atoms with van der Waals surface area (Å²) in [6.45, 7) is 0.699. The summed E-state index contributed by atoms with van der Waals surface area (Å²) in [4.78, 5) is 21.7. The first-order valence-electron chi connectivity index (χ1n) is 7.40. The van der Waals surface area contributed by atoms with Crippen molar-refractivity contribution in [1.29, 1.82) is 0 Å². The SMILES string of the molecule is O=C(N=c1sccn1Cc1ccccc1)c1ccc2ncsc2c1. The molecule has 2 heterocycles. The van der Waals surface area contributed by atoms with E-state index in [0.717, 1.165) is 10.2 Å². The second-order valence-electron chi connectivity index (χ2n) is 5.25. The van der Waals surface area contributed by atoms with Crippen LogP contribution in [0, 0.1) is 0 Å². The molecule has 0 unspecified atom stereocenters. The van der Waals surface area contributed by atoms with Crippen LogP contribution in [0.4, 0.5) is 0 Å². The van der Waals surface area contributed by atoms with Crippen LogP contribution in [0.25, 0.3) is 10.2 Å². The van der Waals surface area contributed by atoms with Crippen molar-refractivity contribution >= 4 is 38.8 Å². The number of carbonyl (C=O) groups is 1. The van der Waals surface area contributed by atoms with Crippen molar-refractivity contribution in [3.8, 4) is 0 Å². The Balaban J connectivity index is 1.65. The summed E-state index contributed by atoms with van der Waals surface area (Å²) in [5.74, 6) is -0.227. The molecule has 6 heteroatoms. The number of hydrogen-bond acceptors (Lipinski definition) is 4. The van der Waals surface area contributed by atoms with Crippen molar-refractivity contribution in [1.82, 2.24) is 9.55 Å². The zero-order valence-corrected chi connectivity index (χ0v) is 14.3. The summed E-state index contributed by atoms with van der Waals surface area (Å²) < 4.78 is 2.99. The highest BCUT2D eigenvalue weighted by molar-refractivity contribution is 7.16. The van der Waals surface area contributed by atoms with Gasteiger partial charge in [0.15, 0.2) is 4.80 Å². The molecular weight excluding hydrogens is 338 g/mol. The van der Waals surface area contributed by atoms with Crippen LogP contribution in [-0.4, -0.2) is 15.5 Å². The van der Waals surface area contributed by atoms with Crippen molar-refractivity contribution < 1.29 is 4.79 Å². The van der Waals surface area contributed by atoms with Gasteiger partial charge >= 0.3 is 0 Å². The van der Waals surface area contributed by atoms with Gasteiger partial charge in [0.05, 0.1) is 15.7 Å². The lowest BCUT2D eigenvalue weighted by Gasteiger charge is -2.02. The lowest BCUT2D eigenvalue weighted by Crippen LogP contribution is -2.17. The van der Waals surface area contributed by atoms with E-state index >= 15 is 0 Å². The number of benzene rings is 2. The molecule has 0 atom stereocenters. The molecule has 2 aromatic carbocycles. The number of rotatable bonds is 3. The first-order chi connectivity index (χ1) is 11.8. The van der Waals surface area contributed by atoms with Crippen molar-refractivity contribution in [2.24, 2.45) is 4.99 Å². The molecule has 0 aliphatic carbocycles. The highest BCUT2D eigenvalue weighted by atomic mass is 32.1. The van der Waals surface area contributed by atoms with Gasteiger partial charge in [-0.25, -0.2) is 4.98 Å². The zero-order valence-electron chi connectivity index (χ0n) is 12.6. The maximum atomic E-state index is 12.5. The van der Waals surface area contributed by atoms with Gasteiger partial charge in [-0.05, 0) is 23.8 Å². The van der Waals surface area contributed by atoms with Crippen LogP contribution >= 0.6 is 22.7 Å². The summed E-state index contributed by atoms with van der Waals surface area (Å²) in [6.07, 6.45) is 1.95. The Hall–Kier alpha value is -2.57. The Morgan fingerprint density at radius 1 is 1.12 bits per heavy atom. The fourth-order valence-electron chi connectivity index (χ4n) is 2.43. The fraction of sp³-hybridized carbons (Fsp3) is 0.0556. The Kier molecular flexibility index (Phi) is 4.06. The fourth-order valence-corrected chi connectivity index (χ4v) is 3.87. The third-order valence-electron chi connectivity index (χ3n) is 3.63. The summed E-state index contributed by atoms with van der Waals surface area (Å²) in [5.41, 5.74) is 4.46. The molecule has 0 N–H and O–H groups in total. The molecule has 24 heavy (non-hydrogen) atoms. The number of amides is 1. The van der Waals surface area contributed by atoms with E-state index < -0.39 is 0 Å². The van der Waals surface area contributed by atoms with Gasteiger partial charge in [-0.15, -0.1) is 22.7 Å². The molecule has 0 saturated carbocycles. The van der Waals surface area contributed by atoms with Gasteiger partial charge in [-0.1, -0.05) is 30.3 Å². The van der Waals surface area contributed by atoms with E-state index in [1.807, 2.05) is 46.5 Å². The van der Waals surface area contributed by atoms with E-state index in [9.17, 15) is 4.79 Å². The molecule has 2 aromatic heterocycles. The molecule has 0 radical (unpaired) electrons. The Morgan fingerprint density at radius 2 is 2.00 bits per heavy atom. The number of thiazole rings is 2. The van der Waals surface area contributed by atoms with E-state index in [1.165, 1.54) is 28.2 Å². The van der Waals surface area contributed by atoms with E-state index in [0.29, 0.717) is 16.9 Å². The standard InChI is InChI=1S/C18H13N3OS2/c22-17(14-6-7-15-16(10-14)24-12-19-15)20-18-21(8-9-23-18)11-13-4-2-1-3-5-13/h1-10,12H,11H2. The van der Waals surface area contributed by atoms with Gasteiger partial charge in [0.25, 0.3) is 5.91 Å². The maximum Gasteiger partial charge on any atom is 0.279 e. The van der Waals surface area contributed by atoms with Crippen LogP contribution in [-0.2, 0) is 6.54 Å². The zero-order chi connectivity index (χ0) is 16.4. The largest absolute Gasteiger partial charge is 0.319 e. The van der Waals surface area contributed by atoms with Crippen molar-refractivity contribution in [2.75, 3.05) is 0 Å². The summed E-state index contributed by atoms with van der Waals surface area (Å²) in [5, 5.41) is 1.95.